The smallest absolute Gasteiger partial charge is 0.240 e. The second-order valence-electron chi connectivity index (χ2n) is 6.99. The van der Waals surface area contributed by atoms with E-state index in [9.17, 15) is 13.2 Å². The van der Waals surface area contributed by atoms with Gasteiger partial charge >= 0.3 is 0 Å². The zero-order valence-corrected chi connectivity index (χ0v) is 18.6. The number of carbonyl (C=O) groups is 1. The third-order valence-electron chi connectivity index (χ3n) is 4.41. The highest BCUT2D eigenvalue weighted by Gasteiger charge is 2.16. The molecule has 2 heterocycles. The summed E-state index contributed by atoms with van der Waals surface area (Å²) >= 11 is 0. The van der Waals surface area contributed by atoms with E-state index in [0.29, 0.717) is 35.3 Å². The summed E-state index contributed by atoms with van der Waals surface area (Å²) in [6.07, 6.45) is 3.51. The van der Waals surface area contributed by atoms with E-state index < -0.39 is 10.0 Å². The lowest BCUT2D eigenvalue weighted by Gasteiger charge is -2.12. The van der Waals surface area contributed by atoms with Gasteiger partial charge in [0.15, 0.2) is 0 Å². The van der Waals surface area contributed by atoms with Gasteiger partial charge in [-0.3, -0.25) is 9.36 Å². The molecule has 3 aromatic rings. The van der Waals surface area contributed by atoms with Crippen molar-refractivity contribution < 1.29 is 13.2 Å². The maximum atomic E-state index is 12.6. The number of hydrogen-bond donors (Lipinski definition) is 3. The molecular formula is C20H25N7O3S. The number of hydrogen-bond acceptors (Lipinski definition) is 7. The molecule has 31 heavy (non-hydrogen) atoms. The maximum Gasteiger partial charge on any atom is 0.240 e. The van der Waals surface area contributed by atoms with Gasteiger partial charge in [-0.1, -0.05) is 0 Å². The first kappa shape index (κ1) is 22.4. The molecular weight excluding hydrogens is 418 g/mol. The predicted octanol–water partition coefficient (Wildman–Crippen LogP) is 1.94. The van der Waals surface area contributed by atoms with Crippen molar-refractivity contribution >= 4 is 27.4 Å². The highest BCUT2D eigenvalue weighted by molar-refractivity contribution is 7.89. The second kappa shape index (κ2) is 9.23. The van der Waals surface area contributed by atoms with Crippen molar-refractivity contribution in [3.63, 3.8) is 0 Å². The zero-order chi connectivity index (χ0) is 22.6. The first-order chi connectivity index (χ1) is 14.7. The number of benzene rings is 1. The topological polar surface area (TPSA) is 131 Å². The number of sulfonamides is 1. The van der Waals surface area contributed by atoms with Crippen LogP contribution in [0.2, 0.25) is 0 Å². The molecule has 3 rings (SSSR count). The minimum atomic E-state index is -3.70. The molecule has 0 fully saturated rings. The van der Waals surface area contributed by atoms with Crippen LogP contribution in [-0.2, 0) is 14.8 Å². The number of rotatable bonds is 8. The van der Waals surface area contributed by atoms with Gasteiger partial charge in [-0.2, -0.15) is 0 Å². The van der Waals surface area contributed by atoms with Crippen molar-refractivity contribution in [2.24, 2.45) is 0 Å². The molecule has 0 aliphatic carbocycles. The summed E-state index contributed by atoms with van der Waals surface area (Å²) in [6.45, 7) is 7.24. The highest BCUT2D eigenvalue weighted by Crippen LogP contribution is 2.19. The van der Waals surface area contributed by atoms with E-state index in [4.69, 9.17) is 0 Å². The van der Waals surface area contributed by atoms with Crippen LogP contribution in [0.3, 0.4) is 0 Å². The van der Waals surface area contributed by atoms with Gasteiger partial charge in [-0.05, 0) is 44.5 Å². The number of carbonyl (C=O) groups excluding carboxylic acids is 1. The Bertz CT molecular complexity index is 1210. The molecule has 0 saturated heterocycles. The molecule has 0 aliphatic rings. The van der Waals surface area contributed by atoms with E-state index in [1.54, 1.807) is 38.2 Å². The minimum absolute atomic E-state index is 0.164. The van der Waals surface area contributed by atoms with E-state index in [-0.39, 0.29) is 17.3 Å². The van der Waals surface area contributed by atoms with Crippen LogP contribution in [0.1, 0.15) is 24.1 Å². The lowest BCUT2D eigenvalue weighted by Crippen LogP contribution is -2.29. The Morgan fingerprint density at radius 3 is 2.52 bits per heavy atom. The van der Waals surface area contributed by atoms with Gasteiger partial charge in [-0.25, -0.2) is 28.1 Å². The van der Waals surface area contributed by atoms with Gasteiger partial charge in [0.2, 0.25) is 15.9 Å². The van der Waals surface area contributed by atoms with E-state index in [0.717, 1.165) is 5.82 Å². The first-order valence-electron chi connectivity index (χ1n) is 9.63. The molecule has 164 valence electrons. The lowest BCUT2D eigenvalue weighted by molar-refractivity contribution is -0.114. The Kier molecular flexibility index (Phi) is 6.66. The van der Waals surface area contributed by atoms with Crippen LogP contribution in [-0.4, -0.2) is 46.9 Å². The summed E-state index contributed by atoms with van der Waals surface area (Å²) in [6, 6.07) is 6.44. The molecule has 2 aromatic heterocycles. The zero-order valence-electron chi connectivity index (χ0n) is 17.8. The average Bonchev–Trinajstić information content (AvgIpc) is 3.10. The van der Waals surface area contributed by atoms with E-state index in [2.05, 4.69) is 30.3 Å². The monoisotopic (exact) mass is 443 g/mol. The Labute approximate surface area is 181 Å². The van der Waals surface area contributed by atoms with Crippen LogP contribution >= 0.6 is 0 Å². The number of aromatic nitrogens is 4. The number of nitrogens with zero attached hydrogens (tertiary/aromatic N) is 4. The third kappa shape index (κ3) is 5.64. The highest BCUT2D eigenvalue weighted by atomic mass is 32.2. The molecule has 0 radical (unpaired) electrons. The quantitative estimate of drug-likeness (QED) is 0.453. The molecule has 3 N–H and O–H groups in total. The van der Waals surface area contributed by atoms with Crippen molar-refractivity contribution in [1.29, 1.82) is 0 Å². The van der Waals surface area contributed by atoms with Crippen molar-refractivity contribution in [1.82, 2.24) is 24.2 Å². The standard InChI is InChI=1S/C20H25N7O3S/c1-13-11-17(26-16(4)28)5-6-18(13)31(29,30)23-8-7-22-19-12-20(25-14(2)24-19)27-10-9-21-15(27)3/h5-6,9-12,23H,7-8H2,1-4H3,(H,26,28)(H,22,24,25). The van der Waals surface area contributed by atoms with Crippen LogP contribution in [0.5, 0.6) is 0 Å². The van der Waals surface area contributed by atoms with Gasteiger partial charge in [0, 0.05) is 44.2 Å². The largest absolute Gasteiger partial charge is 0.369 e. The maximum absolute atomic E-state index is 12.6. The number of nitrogens with one attached hydrogen (secondary N) is 3. The van der Waals surface area contributed by atoms with Crippen molar-refractivity contribution in [2.75, 3.05) is 23.7 Å². The van der Waals surface area contributed by atoms with Crippen LogP contribution in [0.15, 0.2) is 41.6 Å². The summed E-state index contributed by atoms with van der Waals surface area (Å²) < 4.78 is 29.7. The fourth-order valence-electron chi connectivity index (χ4n) is 3.07. The number of imidazole rings is 1. The molecule has 0 spiro atoms. The molecule has 1 aromatic carbocycles. The van der Waals surface area contributed by atoms with E-state index >= 15 is 0 Å². The molecule has 1 amide bonds. The van der Waals surface area contributed by atoms with Crippen LogP contribution in [0.25, 0.3) is 5.82 Å². The Hall–Kier alpha value is -3.31. The summed E-state index contributed by atoms with van der Waals surface area (Å²) in [5.41, 5.74) is 1.09. The first-order valence-corrected chi connectivity index (χ1v) is 11.1. The fourth-order valence-corrected chi connectivity index (χ4v) is 4.33. The lowest BCUT2D eigenvalue weighted by atomic mass is 10.2. The minimum Gasteiger partial charge on any atom is -0.369 e. The molecule has 10 nitrogen and oxygen atoms in total. The van der Waals surface area contributed by atoms with Crippen LogP contribution in [0.4, 0.5) is 11.5 Å². The fraction of sp³-hybridized carbons (Fsp3) is 0.300. The van der Waals surface area contributed by atoms with E-state index in [1.807, 2.05) is 17.7 Å². The van der Waals surface area contributed by atoms with Gasteiger partial charge in [0.25, 0.3) is 0 Å². The number of anilines is 2. The summed E-state index contributed by atoms with van der Waals surface area (Å²) in [5, 5.41) is 5.75. The molecule has 11 heteroatoms. The third-order valence-corrected chi connectivity index (χ3v) is 6.03. The van der Waals surface area contributed by atoms with Gasteiger partial charge in [0.1, 0.15) is 23.3 Å². The van der Waals surface area contributed by atoms with Gasteiger partial charge in [-0.15, -0.1) is 0 Å². The van der Waals surface area contributed by atoms with Gasteiger partial charge < -0.3 is 10.6 Å². The van der Waals surface area contributed by atoms with Crippen LogP contribution < -0.4 is 15.4 Å². The summed E-state index contributed by atoms with van der Waals surface area (Å²) in [4.78, 5) is 24.3. The predicted molar refractivity (Wildman–Crippen MR) is 118 cm³/mol. The molecule has 0 aliphatic heterocycles. The Balaban J connectivity index is 1.62. The Morgan fingerprint density at radius 1 is 1.10 bits per heavy atom. The SMILES string of the molecule is CC(=O)Nc1ccc(S(=O)(=O)NCCNc2cc(-n3ccnc3C)nc(C)n2)c(C)c1. The number of amides is 1. The molecule has 0 saturated carbocycles. The molecule has 0 unspecified atom stereocenters. The Morgan fingerprint density at radius 2 is 1.87 bits per heavy atom. The molecule has 0 bridgehead atoms. The second-order valence-corrected chi connectivity index (χ2v) is 8.72. The summed E-state index contributed by atoms with van der Waals surface area (Å²) in [5.74, 6) is 2.44. The van der Waals surface area contributed by atoms with Crippen molar-refractivity contribution in [2.45, 2.75) is 32.6 Å². The van der Waals surface area contributed by atoms with Crippen molar-refractivity contribution in [3.05, 3.63) is 53.9 Å². The molecule has 0 atom stereocenters. The van der Waals surface area contributed by atoms with Gasteiger partial charge in [0.05, 0.1) is 4.90 Å². The van der Waals surface area contributed by atoms with Crippen LogP contribution in [0, 0.1) is 20.8 Å². The normalized spacial score (nSPS) is 11.4. The van der Waals surface area contributed by atoms with Crippen molar-refractivity contribution in [3.8, 4) is 5.82 Å². The van der Waals surface area contributed by atoms with E-state index in [1.165, 1.54) is 13.0 Å². The average molecular weight is 444 g/mol. The number of aryl methyl sites for hydroxylation is 3. The summed E-state index contributed by atoms with van der Waals surface area (Å²) in [7, 11) is -3.70.